The van der Waals surface area contributed by atoms with E-state index in [9.17, 15) is 8.42 Å². The van der Waals surface area contributed by atoms with Crippen molar-refractivity contribution in [2.75, 3.05) is 51.7 Å². The molecule has 6 nitrogen and oxygen atoms in total. The van der Waals surface area contributed by atoms with Gasteiger partial charge in [-0.1, -0.05) is 0 Å². The summed E-state index contributed by atoms with van der Waals surface area (Å²) in [7, 11) is -3.10. The molecule has 2 saturated heterocycles. The van der Waals surface area contributed by atoms with Gasteiger partial charge in [0.15, 0.2) is 0 Å². The number of morpholine rings is 1. The summed E-state index contributed by atoms with van der Waals surface area (Å²) < 4.78 is 31.0. The summed E-state index contributed by atoms with van der Waals surface area (Å²) >= 11 is 0. The van der Waals surface area contributed by atoms with Gasteiger partial charge in [0.1, 0.15) is 0 Å². The first-order chi connectivity index (χ1) is 8.63. The molecular formula is C11H23N3O3S. The molecule has 0 aromatic rings. The van der Waals surface area contributed by atoms with Crippen molar-refractivity contribution in [2.45, 2.75) is 18.9 Å². The highest BCUT2D eigenvalue weighted by molar-refractivity contribution is 7.89. The Bertz CT molecular complexity index is 355. The zero-order valence-electron chi connectivity index (χ0n) is 10.8. The van der Waals surface area contributed by atoms with Gasteiger partial charge in [0.25, 0.3) is 0 Å². The van der Waals surface area contributed by atoms with Crippen LogP contribution in [0.4, 0.5) is 0 Å². The fraction of sp³-hybridized carbons (Fsp3) is 1.00. The molecule has 2 aliphatic heterocycles. The van der Waals surface area contributed by atoms with E-state index < -0.39 is 10.0 Å². The van der Waals surface area contributed by atoms with E-state index in [-0.39, 0.29) is 5.75 Å². The number of ether oxygens (including phenoxy) is 1. The number of nitrogens with zero attached hydrogens (tertiary/aromatic N) is 2. The molecule has 2 fully saturated rings. The third-order valence-corrected chi connectivity index (χ3v) is 5.61. The Labute approximate surface area is 109 Å². The van der Waals surface area contributed by atoms with Crippen molar-refractivity contribution in [3.05, 3.63) is 0 Å². The highest BCUT2D eigenvalue weighted by atomic mass is 32.2. The molecule has 106 valence electrons. The second kappa shape index (κ2) is 6.29. The Morgan fingerprint density at radius 3 is 2.61 bits per heavy atom. The Hall–Kier alpha value is -0.210. The summed E-state index contributed by atoms with van der Waals surface area (Å²) in [4.78, 5) is 2.35. The van der Waals surface area contributed by atoms with Crippen molar-refractivity contribution < 1.29 is 13.2 Å². The van der Waals surface area contributed by atoms with Gasteiger partial charge in [-0.25, -0.2) is 12.7 Å². The lowest BCUT2D eigenvalue weighted by molar-refractivity contribution is 0.0197. The largest absolute Gasteiger partial charge is 0.379 e. The summed E-state index contributed by atoms with van der Waals surface area (Å²) in [5.41, 5.74) is 5.37. The predicted octanol–water partition coefficient (Wildman–Crippen LogP) is -0.928. The van der Waals surface area contributed by atoms with Crippen molar-refractivity contribution in [3.8, 4) is 0 Å². The topological polar surface area (TPSA) is 75.9 Å². The second-order valence-corrected chi connectivity index (χ2v) is 7.00. The number of hydrogen-bond acceptors (Lipinski definition) is 5. The fourth-order valence-corrected chi connectivity index (χ4v) is 4.17. The third kappa shape index (κ3) is 3.42. The molecule has 0 bridgehead atoms. The molecule has 0 radical (unpaired) electrons. The van der Waals surface area contributed by atoms with Gasteiger partial charge in [0.05, 0.1) is 19.0 Å². The van der Waals surface area contributed by atoms with Gasteiger partial charge in [-0.15, -0.1) is 0 Å². The lowest BCUT2D eigenvalue weighted by atomic mass is 10.2. The maximum Gasteiger partial charge on any atom is 0.214 e. The first-order valence-electron chi connectivity index (χ1n) is 6.63. The van der Waals surface area contributed by atoms with Crippen LogP contribution in [0.2, 0.25) is 0 Å². The van der Waals surface area contributed by atoms with Crippen LogP contribution in [0.25, 0.3) is 0 Å². The van der Waals surface area contributed by atoms with E-state index in [1.165, 1.54) is 0 Å². The molecule has 0 spiro atoms. The predicted molar refractivity (Wildman–Crippen MR) is 69.8 cm³/mol. The highest BCUT2D eigenvalue weighted by Gasteiger charge is 2.34. The molecular weight excluding hydrogens is 254 g/mol. The molecule has 18 heavy (non-hydrogen) atoms. The van der Waals surface area contributed by atoms with Crippen molar-refractivity contribution in [2.24, 2.45) is 5.73 Å². The summed E-state index contributed by atoms with van der Waals surface area (Å²) in [5, 5.41) is 0. The van der Waals surface area contributed by atoms with Crippen molar-refractivity contribution >= 4 is 10.0 Å². The first kappa shape index (κ1) is 14.2. The van der Waals surface area contributed by atoms with Crippen molar-refractivity contribution in [3.63, 3.8) is 0 Å². The van der Waals surface area contributed by atoms with E-state index >= 15 is 0 Å². The van der Waals surface area contributed by atoms with Gasteiger partial charge >= 0.3 is 0 Å². The normalized spacial score (nSPS) is 27.7. The second-order valence-electron chi connectivity index (χ2n) is 4.91. The van der Waals surface area contributed by atoms with E-state index in [1.54, 1.807) is 4.31 Å². The summed E-state index contributed by atoms with van der Waals surface area (Å²) in [5.74, 6) is 0.180. The van der Waals surface area contributed by atoms with Gasteiger partial charge in [0.2, 0.25) is 10.0 Å². The number of hydrogen-bond donors (Lipinski definition) is 1. The number of rotatable bonds is 5. The maximum atomic E-state index is 12.0. The smallest absolute Gasteiger partial charge is 0.214 e. The molecule has 1 unspecified atom stereocenters. The molecule has 1 atom stereocenters. The van der Waals surface area contributed by atoms with Crippen LogP contribution in [0.15, 0.2) is 0 Å². The molecule has 0 aromatic heterocycles. The van der Waals surface area contributed by atoms with Crippen LogP contribution >= 0.6 is 0 Å². The molecule has 0 aromatic carbocycles. The number of nitrogens with two attached hydrogens (primary N) is 1. The van der Waals surface area contributed by atoms with Gasteiger partial charge in [-0.3, -0.25) is 4.90 Å². The zero-order chi connectivity index (χ0) is 13.0. The maximum absolute atomic E-state index is 12.0. The summed E-state index contributed by atoms with van der Waals surface area (Å²) in [6.07, 6.45) is 1.48. The molecule has 2 heterocycles. The minimum absolute atomic E-state index is 0.180. The minimum atomic E-state index is -3.10. The molecule has 0 amide bonds. The molecule has 0 saturated carbocycles. The Kier molecular flexibility index (Phi) is 4.97. The lowest BCUT2D eigenvalue weighted by Gasteiger charge is -2.32. The average Bonchev–Trinajstić information content (AvgIpc) is 2.88. The fourth-order valence-electron chi connectivity index (χ4n) is 2.60. The first-order valence-corrected chi connectivity index (χ1v) is 8.24. The van der Waals surface area contributed by atoms with Gasteiger partial charge < -0.3 is 10.5 Å². The van der Waals surface area contributed by atoms with Crippen molar-refractivity contribution in [1.29, 1.82) is 0 Å². The monoisotopic (exact) mass is 277 g/mol. The van der Waals surface area contributed by atoms with E-state index in [4.69, 9.17) is 10.5 Å². The van der Waals surface area contributed by atoms with Crippen LogP contribution in [0.3, 0.4) is 0 Å². The van der Waals surface area contributed by atoms with Crippen molar-refractivity contribution in [1.82, 2.24) is 9.21 Å². The van der Waals surface area contributed by atoms with Crippen LogP contribution < -0.4 is 5.73 Å². The van der Waals surface area contributed by atoms with Gasteiger partial charge in [0, 0.05) is 32.2 Å². The Morgan fingerprint density at radius 1 is 1.22 bits per heavy atom. The Morgan fingerprint density at radius 2 is 1.94 bits per heavy atom. The number of sulfonamides is 1. The third-order valence-electron chi connectivity index (χ3n) is 3.69. The molecule has 0 aliphatic carbocycles. The van der Waals surface area contributed by atoms with Gasteiger partial charge in [-0.05, 0) is 19.4 Å². The SMILES string of the molecule is NCCCS(=O)(=O)N1CCC(N2CCOCC2)C1. The molecule has 7 heteroatoms. The quantitative estimate of drug-likeness (QED) is 0.703. The van der Waals surface area contributed by atoms with Crippen LogP contribution in [-0.4, -0.2) is 75.4 Å². The van der Waals surface area contributed by atoms with E-state index in [1.807, 2.05) is 0 Å². The van der Waals surface area contributed by atoms with Gasteiger partial charge in [-0.2, -0.15) is 0 Å². The van der Waals surface area contributed by atoms with E-state index in [0.29, 0.717) is 32.1 Å². The average molecular weight is 277 g/mol. The van der Waals surface area contributed by atoms with Crippen LogP contribution in [0.1, 0.15) is 12.8 Å². The van der Waals surface area contributed by atoms with Crippen LogP contribution in [0, 0.1) is 0 Å². The zero-order valence-corrected chi connectivity index (χ0v) is 11.6. The van der Waals surface area contributed by atoms with Crippen LogP contribution in [0.5, 0.6) is 0 Å². The van der Waals surface area contributed by atoms with Crippen LogP contribution in [-0.2, 0) is 14.8 Å². The molecule has 2 N–H and O–H groups in total. The Balaban J connectivity index is 1.87. The standard InChI is InChI=1S/C11H23N3O3S/c12-3-1-9-18(15,16)14-4-2-11(10-14)13-5-7-17-8-6-13/h11H,1-10,12H2. The summed E-state index contributed by atoms with van der Waals surface area (Å²) in [6, 6.07) is 0.363. The molecule has 2 aliphatic rings. The highest BCUT2D eigenvalue weighted by Crippen LogP contribution is 2.20. The minimum Gasteiger partial charge on any atom is -0.379 e. The van der Waals surface area contributed by atoms with E-state index in [2.05, 4.69) is 4.90 Å². The summed E-state index contributed by atoms with van der Waals surface area (Å²) in [6.45, 7) is 5.07. The van der Waals surface area contributed by atoms with E-state index in [0.717, 1.165) is 32.7 Å². The molecule has 2 rings (SSSR count). The lowest BCUT2D eigenvalue weighted by Crippen LogP contribution is -2.45.